The fourth-order valence-electron chi connectivity index (χ4n) is 3.15. The number of fused-ring (bicyclic) bond motifs is 1. The molecule has 0 saturated heterocycles. The van der Waals surface area contributed by atoms with Crippen LogP contribution in [-0.2, 0) is 10.0 Å². The standard InChI is InChI=1S/C21H17NO3S/c1-15-11-13-17(14-12-15)26(24,25)22-19-10-6-5-9-18(19)20(21(22)23)16-7-3-2-4-8-16/h2-14,23H,1H3. The summed E-state index contributed by atoms with van der Waals surface area (Å²) in [6.07, 6.45) is 0. The van der Waals surface area contributed by atoms with Crippen molar-refractivity contribution in [1.29, 1.82) is 0 Å². The van der Waals surface area contributed by atoms with Gasteiger partial charge in [-0.2, -0.15) is 0 Å². The third-order valence-electron chi connectivity index (χ3n) is 4.43. The number of rotatable bonds is 3. The molecular formula is C21H17NO3S. The molecule has 0 atom stereocenters. The van der Waals surface area contributed by atoms with Crippen LogP contribution in [0.3, 0.4) is 0 Å². The number of para-hydroxylation sites is 1. The lowest BCUT2D eigenvalue weighted by molar-refractivity contribution is 0.449. The summed E-state index contributed by atoms with van der Waals surface area (Å²) in [5.74, 6) is -0.280. The Morgan fingerprint density at radius 1 is 0.808 bits per heavy atom. The molecule has 0 aliphatic carbocycles. The smallest absolute Gasteiger partial charge is 0.271 e. The van der Waals surface area contributed by atoms with Crippen LogP contribution in [0.5, 0.6) is 5.88 Å². The van der Waals surface area contributed by atoms with Crippen LogP contribution >= 0.6 is 0 Å². The Bertz CT molecular complexity index is 1190. The highest BCUT2D eigenvalue weighted by Gasteiger charge is 2.27. The molecule has 1 heterocycles. The van der Waals surface area contributed by atoms with E-state index in [4.69, 9.17) is 0 Å². The molecule has 0 bridgehead atoms. The Kier molecular flexibility index (Phi) is 3.81. The molecule has 1 N–H and O–H groups in total. The second-order valence-corrected chi connectivity index (χ2v) is 7.95. The van der Waals surface area contributed by atoms with Gasteiger partial charge in [0.2, 0.25) is 5.88 Å². The van der Waals surface area contributed by atoms with Crippen molar-refractivity contribution in [3.8, 4) is 17.0 Å². The number of aryl methyl sites for hydroxylation is 1. The number of aromatic nitrogens is 1. The zero-order valence-corrected chi connectivity index (χ0v) is 14.9. The average molecular weight is 363 g/mol. The van der Waals surface area contributed by atoms with Crippen LogP contribution < -0.4 is 0 Å². The van der Waals surface area contributed by atoms with Gasteiger partial charge >= 0.3 is 0 Å². The second kappa shape index (κ2) is 6.04. The van der Waals surface area contributed by atoms with Crippen molar-refractivity contribution < 1.29 is 13.5 Å². The maximum absolute atomic E-state index is 13.2. The van der Waals surface area contributed by atoms with Crippen LogP contribution in [0, 0.1) is 6.92 Å². The molecule has 0 unspecified atom stereocenters. The van der Waals surface area contributed by atoms with Gasteiger partial charge < -0.3 is 5.11 Å². The fraction of sp³-hybridized carbons (Fsp3) is 0.0476. The lowest BCUT2D eigenvalue weighted by Gasteiger charge is -2.09. The molecule has 0 saturated carbocycles. The maximum atomic E-state index is 13.2. The molecule has 1 aromatic heterocycles. The Hall–Kier alpha value is -3.05. The molecule has 4 aromatic rings. The maximum Gasteiger partial charge on any atom is 0.271 e. The van der Waals surface area contributed by atoms with Crippen molar-refractivity contribution in [3.63, 3.8) is 0 Å². The number of hydrogen-bond donors (Lipinski definition) is 1. The van der Waals surface area contributed by atoms with Gasteiger partial charge in [-0.15, -0.1) is 0 Å². The molecule has 0 radical (unpaired) electrons. The van der Waals surface area contributed by atoms with Crippen molar-refractivity contribution >= 4 is 20.9 Å². The fourth-order valence-corrected chi connectivity index (χ4v) is 4.57. The highest BCUT2D eigenvalue weighted by atomic mass is 32.2. The number of benzene rings is 3. The van der Waals surface area contributed by atoms with E-state index in [2.05, 4.69) is 0 Å². The highest BCUT2D eigenvalue weighted by Crippen LogP contribution is 2.41. The minimum absolute atomic E-state index is 0.138. The van der Waals surface area contributed by atoms with Crippen molar-refractivity contribution in [2.45, 2.75) is 11.8 Å². The van der Waals surface area contributed by atoms with Crippen LogP contribution in [0.4, 0.5) is 0 Å². The molecule has 5 heteroatoms. The van der Waals surface area contributed by atoms with Gasteiger partial charge in [-0.25, -0.2) is 12.4 Å². The number of hydrogen-bond acceptors (Lipinski definition) is 3. The summed E-state index contributed by atoms with van der Waals surface area (Å²) in [5.41, 5.74) is 2.69. The van der Waals surface area contributed by atoms with Gasteiger partial charge in [-0.05, 0) is 30.7 Å². The Morgan fingerprint density at radius 3 is 2.12 bits per heavy atom. The Morgan fingerprint density at radius 2 is 1.42 bits per heavy atom. The third-order valence-corrected chi connectivity index (χ3v) is 6.15. The van der Waals surface area contributed by atoms with E-state index in [-0.39, 0.29) is 10.8 Å². The van der Waals surface area contributed by atoms with Crippen molar-refractivity contribution in [2.75, 3.05) is 0 Å². The van der Waals surface area contributed by atoms with Gasteiger partial charge in [0.15, 0.2) is 0 Å². The van der Waals surface area contributed by atoms with Crippen LogP contribution in [-0.4, -0.2) is 17.5 Å². The zero-order valence-electron chi connectivity index (χ0n) is 14.1. The molecule has 4 nitrogen and oxygen atoms in total. The summed E-state index contributed by atoms with van der Waals surface area (Å²) in [6.45, 7) is 1.90. The molecule has 0 fully saturated rings. The minimum atomic E-state index is -3.93. The molecule has 4 rings (SSSR count). The molecule has 0 amide bonds. The average Bonchev–Trinajstić information content (AvgIpc) is 2.95. The molecule has 26 heavy (non-hydrogen) atoms. The predicted octanol–water partition coefficient (Wildman–Crippen LogP) is 4.56. The number of aromatic hydroxyl groups is 1. The molecule has 0 aliphatic heterocycles. The molecule has 130 valence electrons. The summed E-state index contributed by atoms with van der Waals surface area (Å²) in [7, 11) is -3.93. The quantitative estimate of drug-likeness (QED) is 0.580. The van der Waals surface area contributed by atoms with Crippen LogP contribution in [0.1, 0.15) is 5.56 Å². The molecular weight excluding hydrogens is 346 g/mol. The lowest BCUT2D eigenvalue weighted by Crippen LogP contribution is -2.12. The summed E-state index contributed by atoms with van der Waals surface area (Å²) in [6, 6.07) is 23.0. The van der Waals surface area contributed by atoms with E-state index < -0.39 is 10.0 Å². The van der Waals surface area contributed by atoms with E-state index in [1.807, 2.05) is 49.4 Å². The zero-order chi connectivity index (χ0) is 18.3. The molecule has 3 aromatic carbocycles. The largest absolute Gasteiger partial charge is 0.493 e. The van der Waals surface area contributed by atoms with E-state index in [9.17, 15) is 13.5 Å². The van der Waals surface area contributed by atoms with Gasteiger partial charge in [0.05, 0.1) is 16.0 Å². The van der Waals surface area contributed by atoms with Gasteiger partial charge in [-0.1, -0.05) is 66.2 Å². The highest BCUT2D eigenvalue weighted by molar-refractivity contribution is 7.90. The van der Waals surface area contributed by atoms with Gasteiger partial charge in [0, 0.05) is 5.39 Å². The van der Waals surface area contributed by atoms with Crippen molar-refractivity contribution in [1.82, 2.24) is 3.97 Å². The van der Waals surface area contributed by atoms with E-state index >= 15 is 0 Å². The summed E-state index contributed by atoms with van der Waals surface area (Å²) < 4.78 is 27.5. The normalized spacial score (nSPS) is 11.7. The Balaban J connectivity index is 2.06. The van der Waals surface area contributed by atoms with E-state index in [1.165, 1.54) is 0 Å². The van der Waals surface area contributed by atoms with Crippen LogP contribution in [0.2, 0.25) is 0 Å². The van der Waals surface area contributed by atoms with E-state index in [1.54, 1.807) is 36.4 Å². The minimum Gasteiger partial charge on any atom is -0.493 e. The van der Waals surface area contributed by atoms with E-state index in [0.29, 0.717) is 16.5 Å². The SMILES string of the molecule is Cc1ccc(S(=O)(=O)n2c(O)c(-c3ccccc3)c3ccccc32)cc1. The first-order valence-corrected chi connectivity index (χ1v) is 9.64. The first-order chi connectivity index (χ1) is 12.5. The van der Waals surface area contributed by atoms with Gasteiger partial charge in [-0.3, -0.25) is 0 Å². The second-order valence-electron chi connectivity index (χ2n) is 6.16. The number of nitrogens with zero attached hydrogens (tertiary/aromatic N) is 1. The molecule has 0 aliphatic rings. The van der Waals surface area contributed by atoms with Crippen molar-refractivity contribution in [3.05, 3.63) is 84.4 Å². The van der Waals surface area contributed by atoms with Gasteiger partial charge in [0.1, 0.15) is 0 Å². The van der Waals surface area contributed by atoms with Crippen LogP contribution in [0.25, 0.3) is 22.0 Å². The summed E-state index contributed by atoms with van der Waals surface area (Å²) in [5, 5.41) is 11.6. The summed E-state index contributed by atoms with van der Waals surface area (Å²) in [4.78, 5) is 0.138. The lowest BCUT2D eigenvalue weighted by atomic mass is 10.0. The molecule has 0 spiro atoms. The topological polar surface area (TPSA) is 59.3 Å². The van der Waals surface area contributed by atoms with Gasteiger partial charge in [0.25, 0.3) is 10.0 Å². The monoisotopic (exact) mass is 363 g/mol. The predicted molar refractivity (Wildman–Crippen MR) is 103 cm³/mol. The third kappa shape index (κ3) is 2.48. The van der Waals surface area contributed by atoms with Crippen molar-refractivity contribution in [2.24, 2.45) is 0 Å². The van der Waals surface area contributed by atoms with Crippen LogP contribution in [0.15, 0.2) is 83.8 Å². The first-order valence-electron chi connectivity index (χ1n) is 8.20. The first kappa shape index (κ1) is 16.4. The summed E-state index contributed by atoms with van der Waals surface area (Å²) >= 11 is 0. The van der Waals surface area contributed by atoms with E-state index in [0.717, 1.165) is 15.1 Å². The Labute approximate surface area is 152 Å².